The molecule has 3 aliphatic heterocycles. The standard InChI is InChI=1S/C28H50F2N5O2P.C3H8.C2H2/c1-4-21-25-22(12-13-34(21)27(36)19-15-32-24(14-20(19)31)28(29,30)38)35(33-26(25)23(5-2)37-3)18-10-8-17(9-11-18)16-6-7-16;1-3-2;1-2/h16-26,32-33H,4-15,31,38H2,1-3H3;3H2,1-2H3;1-2H. The summed E-state index contributed by atoms with van der Waals surface area (Å²) in [7, 11) is 3.41. The molecule has 2 aliphatic carbocycles. The first-order valence-electron chi connectivity index (χ1n) is 17.0. The number of nitrogens with two attached hydrogens (primary N) is 1. The number of hydrazine groups is 1. The quantitative estimate of drug-likeness (QED) is 0.260. The van der Waals surface area contributed by atoms with E-state index < -0.39 is 23.7 Å². The van der Waals surface area contributed by atoms with E-state index in [1.807, 2.05) is 0 Å². The SMILES string of the molecule is C#C.CCC.CCC(OC)C1NN(C2CCC(C3CC3)CC2)C2CCN(C(=O)C3CNC(C(F)(F)P)CC3N)C(CC)C12. The number of nitrogens with zero attached hydrogens (tertiary/aromatic N) is 2. The van der Waals surface area contributed by atoms with E-state index in [0.717, 1.165) is 31.1 Å². The van der Waals surface area contributed by atoms with E-state index in [4.69, 9.17) is 10.5 Å². The lowest BCUT2D eigenvalue weighted by atomic mass is 9.76. The first-order chi connectivity index (χ1) is 20.6. The molecule has 2 saturated carbocycles. The van der Waals surface area contributed by atoms with Crippen LogP contribution in [0.4, 0.5) is 8.78 Å². The van der Waals surface area contributed by atoms with Crippen LogP contribution < -0.4 is 16.5 Å². The molecule has 7 nitrogen and oxygen atoms in total. The Morgan fingerprint density at radius 1 is 1.07 bits per heavy atom. The third-order valence-electron chi connectivity index (χ3n) is 10.6. The van der Waals surface area contributed by atoms with Crippen LogP contribution in [0.15, 0.2) is 0 Å². The van der Waals surface area contributed by atoms with Crippen molar-refractivity contribution in [1.82, 2.24) is 20.7 Å². The van der Waals surface area contributed by atoms with Gasteiger partial charge in [0.25, 0.3) is 5.66 Å². The number of fused-ring (bicyclic) bond motifs is 1. The van der Waals surface area contributed by atoms with Gasteiger partial charge in [-0.25, -0.2) is 19.2 Å². The molecule has 0 aromatic carbocycles. The average Bonchev–Trinajstić information content (AvgIpc) is 3.79. The van der Waals surface area contributed by atoms with Crippen LogP contribution in [-0.2, 0) is 9.53 Å². The molecule has 5 rings (SSSR count). The minimum atomic E-state index is -2.94. The largest absolute Gasteiger partial charge is 0.380 e. The van der Waals surface area contributed by atoms with Crippen molar-refractivity contribution < 1.29 is 18.3 Å². The highest BCUT2D eigenvalue weighted by Gasteiger charge is 2.55. The van der Waals surface area contributed by atoms with Crippen molar-refractivity contribution in [1.29, 1.82) is 0 Å². The number of piperidine rings is 2. The van der Waals surface area contributed by atoms with Gasteiger partial charge >= 0.3 is 0 Å². The predicted octanol–water partition coefficient (Wildman–Crippen LogP) is 5.00. The number of terminal acetylenes is 1. The lowest BCUT2D eigenvalue weighted by Gasteiger charge is -2.48. The Bertz CT molecular complexity index is 875. The molecule has 9 atom stereocenters. The van der Waals surface area contributed by atoms with Crippen molar-refractivity contribution in [3.8, 4) is 12.8 Å². The van der Waals surface area contributed by atoms with Gasteiger partial charge in [-0.15, -0.1) is 12.8 Å². The minimum Gasteiger partial charge on any atom is -0.380 e. The molecule has 3 heterocycles. The van der Waals surface area contributed by atoms with Crippen LogP contribution in [0.3, 0.4) is 0 Å². The summed E-state index contributed by atoms with van der Waals surface area (Å²) in [5, 5.41) is 5.50. The fourth-order valence-corrected chi connectivity index (χ4v) is 8.68. The molecule has 43 heavy (non-hydrogen) atoms. The van der Waals surface area contributed by atoms with Gasteiger partial charge in [-0.1, -0.05) is 43.4 Å². The second kappa shape index (κ2) is 16.6. The number of ether oxygens (including phenoxy) is 1. The van der Waals surface area contributed by atoms with Gasteiger partial charge in [0, 0.05) is 50.3 Å². The highest BCUT2D eigenvalue weighted by Crippen LogP contribution is 2.47. The summed E-state index contributed by atoms with van der Waals surface area (Å²) in [5.74, 6) is 1.71. The lowest BCUT2D eigenvalue weighted by Crippen LogP contribution is -2.63. The van der Waals surface area contributed by atoms with Gasteiger partial charge in [0.1, 0.15) is 0 Å². The number of nitrogens with one attached hydrogen (secondary N) is 2. The Labute approximate surface area is 262 Å². The molecule has 5 aliphatic rings. The smallest absolute Gasteiger partial charge is 0.273 e. The van der Waals surface area contributed by atoms with Crippen LogP contribution in [0.25, 0.3) is 0 Å². The molecule has 0 aromatic heterocycles. The summed E-state index contributed by atoms with van der Waals surface area (Å²) in [6.07, 6.45) is 20.1. The molecule has 0 bridgehead atoms. The zero-order valence-electron chi connectivity index (χ0n) is 27.3. The molecule has 0 spiro atoms. The summed E-state index contributed by atoms with van der Waals surface area (Å²) < 4.78 is 33.8. The monoisotopic (exact) mass is 627 g/mol. The van der Waals surface area contributed by atoms with Crippen molar-refractivity contribution in [2.75, 3.05) is 20.2 Å². The van der Waals surface area contributed by atoms with Crippen LogP contribution in [0.5, 0.6) is 0 Å². The van der Waals surface area contributed by atoms with Gasteiger partial charge in [-0.2, -0.15) is 0 Å². The van der Waals surface area contributed by atoms with Crippen molar-refractivity contribution in [2.24, 2.45) is 29.4 Å². The van der Waals surface area contributed by atoms with Gasteiger partial charge < -0.3 is 20.7 Å². The third kappa shape index (κ3) is 8.48. The molecule has 10 heteroatoms. The zero-order chi connectivity index (χ0) is 31.9. The normalized spacial score (nSPS) is 37.3. The number of methoxy groups -OCH3 is 1. The number of likely N-dealkylation sites (tertiary alicyclic amines) is 1. The van der Waals surface area contributed by atoms with Crippen molar-refractivity contribution >= 4 is 15.1 Å². The molecule has 5 fully saturated rings. The second-order valence-electron chi connectivity index (χ2n) is 13.4. The Balaban J connectivity index is 0.000000953. The second-order valence-corrected chi connectivity index (χ2v) is 14.2. The number of hydrogen-bond donors (Lipinski definition) is 3. The first kappa shape index (κ1) is 36.6. The van der Waals surface area contributed by atoms with Gasteiger partial charge in [0.05, 0.1) is 24.1 Å². The summed E-state index contributed by atoms with van der Waals surface area (Å²) >= 11 is 0. The van der Waals surface area contributed by atoms with Crippen LogP contribution in [0.1, 0.15) is 98.3 Å². The van der Waals surface area contributed by atoms with Gasteiger partial charge in [-0.3, -0.25) is 4.79 Å². The molecule has 0 aromatic rings. The Morgan fingerprint density at radius 2 is 1.65 bits per heavy atom. The summed E-state index contributed by atoms with van der Waals surface area (Å²) in [6, 6.07) is -0.456. The fraction of sp³-hybridized carbons (Fsp3) is 0.909. The fourth-order valence-electron chi connectivity index (χ4n) is 8.43. The molecular formula is C33H60F2N5O2P. The first-order valence-corrected chi connectivity index (χ1v) is 17.5. The molecule has 4 N–H and O–H groups in total. The number of carbonyl (C=O) groups excluding carboxylic acids is 1. The van der Waals surface area contributed by atoms with Crippen LogP contribution in [0.2, 0.25) is 0 Å². The van der Waals surface area contributed by atoms with Crippen LogP contribution in [-0.4, -0.2) is 84.0 Å². The summed E-state index contributed by atoms with van der Waals surface area (Å²) in [4.78, 5) is 16.0. The summed E-state index contributed by atoms with van der Waals surface area (Å²) in [5.41, 5.74) is 7.38. The number of hydrogen-bond acceptors (Lipinski definition) is 6. The zero-order valence-corrected chi connectivity index (χ0v) is 28.5. The number of halogens is 2. The van der Waals surface area contributed by atoms with Crippen molar-refractivity contribution in [3.63, 3.8) is 0 Å². The lowest BCUT2D eigenvalue weighted by molar-refractivity contribution is -0.144. The highest BCUT2D eigenvalue weighted by molar-refractivity contribution is 7.18. The maximum Gasteiger partial charge on any atom is 0.273 e. The summed E-state index contributed by atoms with van der Waals surface area (Å²) in [6.45, 7) is 9.48. The number of amides is 1. The minimum absolute atomic E-state index is 0.0217. The third-order valence-corrected chi connectivity index (χ3v) is 11.0. The van der Waals surface area contributed by atoms with E-state index in [1.54, 1.807) is 16.3 Å². The molecule has 1 amide bonds. The van der Waals surface area contributed by atoms with Gasteiger partial charge in [0.15, 0.2) is 0 Å². The van der Waals surface area contributed by atoms with Crippen molar-refractivity contribution in [2.45, 2.75) is 146 Å². The molecular weight excluding hydrogens is 567 g/mol. The van der Waals surface area contributed by atoms with Crippen LogP contribution in [0, 0.1) is 36.5 Å². The van der Waals surface area contributed by atoms with Gasteiger partial charge in [-0.05, 0) is 76.0 Å². The maximum atomic E-state index is 13.9. The van der Waals surface area contributed by atoms with E-state index in [-0.39, 0.29) is 43.0 Å². The molecule has 3 saturated heterocycles. The number of rotatable bonds is 8. The predicted molar refractivity (Wildman–Crippen MR) is 174 cm³/mol. The number of alkyl halides is 2. The van der Waals surface area contributed by atoms with E-state index in [9.17, 15) is 13.6 Å². The van der Waals surface area contributed by atoms with Gasteiger partial charge in [0.2, 0.25) is 5.91 Å². The topological polar surface area (TPSA) is 82.9 Å². The maximum absolute atomic E-state index is 13.9. The Hall–Kier alpha value is -0.880. The van der Waals surface area contributed by atoms with E-state index in [2.05, 4.69) is 61.2 Å². The average molecular weight is 628 g/mol. The Kier molecular flexibility index (Phi) is 14.1. The highest BCUT2D eigenvalue weighted by atomic mass is 31.0. The number of carbonyl (C=O) groups is 1. The van der Waals surface area contributed by atoms with E-state index in [0.29, 0.717) is 18.6 Å². The molecule has 0 radical (unpaired) electrons. The van der Waals surface area contributed by atoms with E-state index >= 15 is 0 Å². The molecule has 248 valence electrons. The Morgan fingerprint density at radius 3 is 2.12 bits per heavy atom. The molecule has 9 unspecified atom stereocenters. The van der Waals surface area contributed by atoms with Crippen LogP contribution >= 0.6 is 9.24 Å². The van der Waals surface area contributed by atoms with E-state index in [1.165, 1.54) is 44.9 Å². The van der Waals surface area contributed by atoms with Crippen molar-refractivity contribution in [3.05, 3.63) is 0 Å².